The number of rotatable bonds is 3. The Labute approximate surface area is 191 Å². The lowest BCUT2D eigenvalue weighted by Crippen LogP contribution is -2.27. The zero-order valence-electron chi connectivity index (χ0n) is 16.2. The first-order chi connectivity index (χ1) is 15.4. The van der Waals surface area contributed by atoms with Crippen LogP contribution in [0.3, 0.4) is 0 Å². The van der Waals surface area contributed by atoms with Gasteiger partial charge in [0.2, 0.25) is 0 Å². The topological polar surface area (TPSA) is 33.2 Å². The second-order valence-corrected chi connectivity index (χ2v) is 8.26. The van der Waals surface area contributed by atoms with E-state index in [1.54, 1.807) is 24.3 Å². The van der Waals surface area contributed by atoms with E-state index < -0.39 is 35.1 Å². The second-order valence-electron chi connectivity index (χ2n) is 6.85. The van der Waals surface area contributed by atoms with Gasteiger partial charge in [0.25, 0.3) is 5.91 Å². The maximum absolute atomic E-state index is 13.5. The van der Waals surface area contributed by atoms with E-state index in [0.717, 1.165) is 16.2 Å². The number of alkyl halides is 6. The number of nitrogens with zero attached hydrogens (tertiary/aromatic N) is 2. The zero-order chi connectivity index (χ0) is 24.0. The molecule has 0 aliphatic rings. The first-order valence-corrected chi connectivity index (χ1v) is 10.4. The number of aromatic nitrogens is 1. The average molecular weight is 501 g/mol. The van der Waals surface area contributed by atoms with Crippen molar-refractivity contribution in [2.75, 3.05) is 4.90 Å². The third kappa shape index (κ3) is 4.67. The summed E-state index contributed by atoms with van der Waals surface area (Å²) in [7, 11) is 0. The molecular formula is C22H11ClF6N2OS. The smallest absolute Gasteiger partial charge is 0.268 e. The van der Waals surface area contributed by atoms with E-state index >= 15 is 0 Å². The van der Waals surface area contributed by atoms with Crippen molar-refractivity contribution in [2.45, 2.75) is 12.4 Å². The van der Waals surface area contributed by atoms with Gasteiger partial charge in [0.05, 0.1) is 37.6 Å². The van der Waals surface area contributed by atoms with Crippen molar-refractivity contribution in [3.8, 4) is 0 Å². The highest BCUT2D eigenvalue weighted by molar-refractivity contribution is 7.22. The van der Waals surface area contributed by atoms with Crippen LogP contribution in [0.4, 0.5) is 37.2 Å². The van der Waals surface area contributed by atoms with E-state index in [0.29, 0.717) is 22.3 Å². The second kappa shape index (κ2) is 8.35. The Bertz CT molecular complexity index is 1280. The van der Waals surface area contributed by atoms with E-state index in [-0.39, 0.29) is 21.8 Å². The predicted octanol–water partition coefficient (Wildman–Crippen LogP) is 7.97. The summed E-state index contributed by atoms with van der Waals surface area (Å²) in [6.45, 7) is 0. The fraction of sp³-hybridized carbons (Fsp3) is 0.0909. The number of halogens is 7. The number of thiazole rings is 1. The van der Waals surface area contributed by atoms with E-state index in [2.05, 4.69) is 4.98 Å². The van der Waals surface area contributed by atoms with Crippen molar-refractivity contribution in [3.05, 3.63) is 88.4 Å². The molecule has 4 aromatic rings. The molecule has 0 unspecified atom stereocenters. The number of carbonyl (C=O) groups excluding carboxylic acids is 1. The molecule has 0 radical (unpaired) electrons. The van der Waals surface area contributed by atoms with Gasteiger partial charge >= 0.3 is 12.4 Å². The molecule has 1 aromatic heterocycles. The number of fused-ring (bicyclic) bond motifs is 1. The Morgan fingerprint density at radius 3 is 2.00 bits per heavy atom. The standard InChI is InChI=1S/C22H11ClF6N2OS/c23-16-6-2-1-5-15(16)19(32)31(20-30-17-7-3-4-8-18(17)33-20)14-10-12(21(24,25)26)9-13(11-14)22(27,28)29/h1-11H. The van der Waals surface area contributed by atoms with Crippen LogP contribution >= 0.6 is 22.9 Å². The quantitative estimate of drug-likeness (QED) is 0.267. The van der Waals surface area contributed by atoms with Crippen molar-refractivity contribution < 1.29 is 31.1 Å². The van der Waals surface area contributed by atoms with Crippen molar-refractivity contribution in [1.82, 2.24) is 4.98 Å². The first kappa shape index (κ1) is 23.1. The molecule has 0 saturated heterocycles. The summed E-state index contributed by atoms with van der Waals surface area (Å²) < 4.78 is 81.3. The number of benzene rings is 3. The van der Waals surface area contributed by atoms with Crippen LogP contribution in [0.15, 0.2) is 66.7 Å². The minimum Gasteiger partial charge on any atom is -0.268 e. The molecule has 0 aliphatic carbocycles. The first-order valence-electron chi connectivity index (χ1n) is 9.19. The third-order valence-corrected chi connectivity index (χ3v) is 5.96. The summed E-state index contributed by atoms with van der Waals surface area (Å²) in [6.07, 6.45) is -10.2. The predicted molar refractivity (Wildman–Crippen MR) is 114 cm³/mol. The number of carbonyl (C=O) groups is 1. The van der Waals surface area contributed by atoms with Crippen molar-refractivity contribution >= 4 is 49.9 Å². The molecule has 1 amide bonds. The minimum atomic E-state index is -5.08. The molecule has 0 spiro atoms. The molecule has 170 valence electrons. The molecule has 3 aromatic carbocycles. The average Bonchev–Trinajstić information content (AvgIpc) is 3.16. The molecule has 3 nitrogen and oxygen atoms in total. The van der Waals surface area contributed by atoms with Crippen molar-refractivity contribution in [2.24, 2.45) is 0 Å². The van der Waals surface area contributed by atoms with Crippen LogP contribution in [-0.2, 0) is 12.4 Å². The van der Waals surface area contributed by atoms with Crippen LogP contribution in [0.1, 0.15) is 21.5 Å². The molecule has 0 saturated carbocycles. The van der Waals surface area contributed by atoms with E-state index in [4.69, 9.17) is 11.6 Å². The van der Waals surface area contributed by atoms with E-state index in [9.17, 15) is 31.1 Å². The van der Waals surface area contributed by atoms with Crippen molar-refractivity contribution in [3.63, 3.8) is 0 Å². The van der Waals surface area contributed by atoms with Gasteiger partial charge in [0, 0.05) is 0 Å². The summed E-state index contributed by atoms with van der Waals surface area (Å²) in [5.74, 6) is -0.924. The molecule has 0 N–H and O–H groups in total. The van der Waals surface area contributed by atoms with Gasteiger partial charge in [-0.3, -0.25) is 9.69 Å². The lowest BCUT2D eigenvalue weighted by molar-refractivity contribution is -0.143. The molecule has 0 fully saturated rings. The monoisotopic (exact) mass is 500 g/mol. The molecule has 0 bridgehead atoms. The molecular weight excluding hydrogens is 490 g/mol. The number of hydrogen-bond donors (Lipinski definition) is 0. The van der Waals surface area contributed by atoms with Gasteiger partial charge in [-0.25, -0.2) is 4.98 Å². The Hall–Kier alpha value is -3.11. The maximum atomic E-state index is 13.5. The number of hydrogen-bond acceptors (Lipinski definition) is 3. The highest BCUT2D eigenvalue weighted by Crippen LogP contribution is 2.42. The summed E-state index contributed by atoms with van der Waals surface area (Å²) >= 11 is 7.04. The van der Waals surface area contributed by atoms with E-state index in [1.165, 1.54) is 24.3 Å². The molecule has 4 rings (SSSR count). The van der Waals surface area contributed by atoms with Crippen LogP contribution in [-0.4, -0.2) is 10.9 Å². The summed E-state index contributed by atoms with van der Waals surface area (Å²) in [6, 6.07) is 13.3. The van der Waals surface area contributed by atoms with E-state index in [1.807, 2.05) is 0 Å². The Balaban J connectivity index is 1.99. The summed E-state index contributed by atoms with van der Waals surface area (Å²) in [5, 5.41) is -0.120. The van der Waals surface area contributed by atoms with Gasteiger partial charge in [-0.05, 0) is 42.5 Å². The maximum Gasteiger partial charge on any atom is 0.416 e. The lowest BCUT2D eigenvalue weighted by Gasteiger charge is -2.23. The number of para-hydroxylation sites is 1. The molecule has 33 heavy (non-hydrogen) atoms. The number of anilines is 2. The highest BCUT2D eigenvalue weighted by atomic mass is 35.5. The largest absolute Gasteiger partial charge is 0.416 e. The lowest BCUT2D eigenvalue weighted by atomic mass is 10.1. The van der Waals surface area contributed by atoms with Crippen LogP contribution < -0.4 is 4.90 Å². The Kier molecular flexibility index (Phi) is 5.83. The van der Waals surface area contributed by atoms with Gasteiger partial charge in [0.15, 0.2) is 5.13 Å². The molecule has 1 heterocycles. The molecule has 0 aliphatic heterocycles. The van der Waals surface area contributed by atoms with Crippen LogP contribution in [0, 0.1) is 0 Å². The molecule has 0 atom stereocenters. The normalized spacial score (nSPS) is 12.2. The SMILES string of the molecule is O=C(c1ccccc1Cl)N(c1cc(C(F)(F)F)cc(C(F)(F)F)c1)c1nc2ccccc2s1. The fourth-order valence-electron chi connectivity index (χ4n) is 3.09. The Morgan fingerprint density at radius 2 is 1.42 bits per heavy atom. The van der Waals surface area contributed by atoms with Gasteiger partial charge < -0.3 is 0 Å². The summed E-state index contributed by atoms with van der Waals surface area (Å²) in [5.41, 5.74) is -3.42. The highest BCUT2D eigenvalue weighted by Gasteiger charge is 2.38. The number of amides is 1. The van der Waals surface area contributed by atoms with Gasteiger partial charge in [-0.15, -0.1) is 0 Å². The molecule has 11 heteroatoms. The van der Waals surface area contributed by atoms with Crippen molar-refractivity contribution in [1.29, 1.82) is 0 Å². The van der Waals surface area contributed by atoms with Crippen LogP contribution in [0.2, 0.25) is 5.02 Å². The van der Waals surface area contributed by atoms with Crippen LogP contribution in [0.25, 0.3) is 10.2 Å². The van der Waals surface area contributed by atoms with Gasteiger partial charge in [-0.2, -0.15) is 26.3 Å². The minimum absolute atomic E-state index is 0.00000219. The Morgan fingerprint density at radius 1 is 0.848 bits per heavy atom. The van der Waals surface area contributed by atoms with Gasteiger partial charge in [0.1, 0.15) is 0 Å². The van der Waals surface area contributed by atoms with Crippen LogP contribution in [0.5, 0.6) is 0 Å². The summed E-state index contributed by atoms with van der Waals surface area (Å²) in [4.78, 5) is 18.4. The fourth-order valence-corrected chi connectivity index (χ4v) is 4.29. The third-order valence-electron chi connectivity index (χ3n) is 4.61. The van der Waals surface area contributed by atoms with Gasteiger partial charge in [-0.1, -0.05) is 47.2 Å². The zero-order valence-corrected chi connectivity index (χ0v) is 17.8.